The van der Waals surface area contributed by atoms with E-state index in [9.17, 15) is 4.79 Å². The summed E-state index contributed by atoms with van der Waals surface area (Å²) >= 11 is 1.37. The minimum absolute atomic E-state index is 0.307. The summed E-state index contributed by atoms with van der Waals surface area (Å²) in [4.78, 5) is 18.8. The number of piperidine rings is 1. The average Bonchev–Trinajstić information content (AvgIpc) is 2.69. The Hall–Kier alpha value is -1.14. The number of aromatic nitrogens is 1. The van der Waals surface area contributed by atoms with Crippen LogP contribution in [0.25, 0.3) is 0 Å². The van der Waals surface area contributed by atoms with Crippen molar-refractivity contribution < 1.29 is 9.53 Å². The van der Waals surface area contributed by atoms with Gasteiger partial charge in [0.2, 0.25) is 0 Å². The van der Waals surface area contributed by atoms with Crippen molar-refractivity contribution >= 4 is 22.4 Å². The molecule has 2 rings (SSSR count). The van der Waals surface area contributed by atoms with Gasteiger partial charge in [0.25, 0.3) is 0 Å². The highest BCUT2D eigenvalue weighted by Gasteiger charge is 2.20. The van der Waals surface area contributed by atoms with Crippen molar-refractivity contribution in [2.45, 2.75) is 25.8 Å². The Morgan fingerprint density at radius 1 is 1.61 bits per heavy atom. The molecule has 100 valence electrons. The zero-order valence-corrected chi connectivity index (χ0v) is 11.8. The van der Waals surface area contributed by atoms with Gasteiger partial charge in [-0.1, -0.05) is 11.3 Å². The minimum atomic E-state index is -0.307. The fourth-order valence-corrected chi connectivity index (χ4v) is 3.16. The van der Waals surface area contributed by atoms with Gasteiger partial charge in [0, 0.05) is 12.6 Å². The van der Waals surface area contributed by atoms with Crippen LogP contribution in [-0.4, -0.2) is 49.1 Å². The SMILES string of the molecule is COC(=O)c1sc(NC2CCCN(C)C2)nc1C. The maximum absolute atomic E-state index is 11.5. The summed E-state index contributed by atoms with van der Waals surface area (Å²) in [5, 5.41) is 4.22. The molecule has 0 radical (unpaired) electrons. The second-order valence-electron chi connectivity index (χ2n) is 4.67. The van der Waals surface area contributed by atoms with Crippen molar-refractivity contribution in [3.8, 4) is 0 Å². The second-order valence-corrected chi connectivity index (χ2v) is 5.67. The smallest absolute Gasteiger partial charge is 0.350 e. The monoisotopic (exact) mass is 269 g/mol. The van der Waals surface area contributed by atoms with Crippen LogP contribution in [-0.2, 0) is 4.74 Å². The van der Waals surface area contributed by atoms with Crippen molar-refractivity contribution in [3.63, 3.8) is 0 Å². The average molecular weight is 269 g/mol. The van der Waals surface area contributed by atoms with Crippen LogP contribution in [0.3, 0.4) is 0 Å². The number of likely N-dealkylation sites (N-methyl/N-ethyl adjacent to an activating group) is 1. The number of carbonyl (C=O) groups is 1. The van der Waals surface area contributed by atoms with Gasteiger partial charge < -0.3 is 15.0 Å². The molecule has 0 amide bonds. The van der Waals surface area contributed by atoms with Crippen LogP contribution >= 0.6 is 11.3 Å². The number of likely N-dealkylation sites (tertiary alicyclic amines) is 1. The number of ether oxygens (including phenoxy) is 1. The number of nitrogens with one attached hydrogen (secondary N) is 1. The largest absolute Gasteiger partial charge is 0.465 e. The first-order chi connectivity index (χ1) is 8.60. The molecule has 1 fully saturated rings. The van der Waals surface area contributed by atoms with Crippen LogP contribution in [0.1, 0.15) is 28.2 Å². The predicted octanol–water partition coefficient (Wildman–Crippen LogP) is 1.74. The summed E-state index contributed by atoms with van der Waals surface area (Å²) in [5.41, 5.74) is 0.735. The number of carbonyl (C=O) groups excluding carboxylic acids is 1. The second kappa shape index (κ2) is 5.67. The quantitative estimate of drug-likeness (QED) is 0.847. The molecule has 5 nitrogen and oxygen atoms in total. The Bertz CT molecular complexity index is 433. The van der Waals surface area contributed by atoms with E-state index < -0.39 is 0 Å². The van der Waals surface area contributed by atoms with Gasteiger partial charge in [-0.15, -0.1) is 0 Å². The van der Waals surface area contributed by atoms with Gasteiger partial charge in [-0.2, -0.15) is 0 Å². The maximum atomic E-state index is 11.5. The lowest BCUT2D eigenvalue weighted by Gasteiger charge is -2.29. The standard InChI is InChI=1S/C12H19N3O2S/c1-8-10(11(16)17-3)18-12(13-8)14-9-5-4-6-15(2)7-9/h9H,4-7H2,1-3H3,(H,13,14). The number of nitrogens with zero attached hydrogens (tertiary/aromatic N) is 2. The van der Waals surface area contributed by atoms with Gasteiger partial charge >= 0.3 is 5.97 Å². The first-order valence-electron chi connectivity index (χ1n) is 6.11. The van der Waals surface area contributed by atoms with E-state index in [4.69, 9.17) is 4.74 Å². The third-order valence-corrected chi connectivity index (χ3v) is 4.19. The zero-order valence-electron chi connectivity index (χ0n) is 11.0. The zero-order chi connectivity index (χ0) is 13.1. The molecule has 2 heterocycles. The van der Waals surface area contributed by atoms with Crippen molar-refractivity contribution in [3.05, 3.63) is 10.6 Å². The van der Waals surface area contributed by atoms with E-state index in [-0.39, 0.29) is 5.97 Å². The molecule has 0 saturated carbocycles. The first-order valence-corrected chi connectivity index (χ1v) is 6.92. The minimum Gasteiger partial charge on any atom is -0.465 e. The van der Waals surface area contributed by atoms with Gasteiger partial charge in [-0.05, 0) is 33.4 Å². The Morgan fingerprint density at radius 2 is 2.39 bits per heavy atom. The molecule has 1 aliphatic heterocycles. The molecule has 6 heteroatoms. The Labute approximate surface area is 111 Å². The number of hydrogen-bond acceptors (Lipinski definition) is 6. The van der Waals surface area contributed by atoms with Gasteiger partial charge in [-0.25, -0.2) is 9.78 Å². The Balaban J connectivity index is 2.03. The summed E-state index contributed by atoms with van der Waals surface area (Å²) in [6.07, 6.45) is 2.35. The summed E-state index contributed by atoms with van der Waals surface area (Å²) in [6.45, 7) is 4.01. The highest BCUT2D eigenvalue weighted by atomic mass is 32.1. The fourth-order valence-electron chi connectivity index (χ4n) is 2.20. The highest BCUT2D eigenvalue weighted by molar-refractivity contribution is 7.17. The van der Waals surface area contributed by atoms with E-state index in [1.54, 1.807) is 0 Å². The van der Waals surface area contributed by atoms with E-state index in [1.807, 2.05) is 6.92 Å². The van der Waals surface area contributed by atoms with E-state index in [2.05, 4.69) is 22.2 Å². The fraction of sp³-hybridized carbons (Fsp3) is 0.667. The molecule has 0 bridgehead atoms. The molecule has 1 aromatic rings. The third kappa shape index (κ3) is 3.00. The van der Waals surface area contributed by atoms with E-state index in [0.29, 0.717) is 10.9 Å². The number of thiazole rings is 1. The number of hydrogen-bond donors (Lipinski definition) is 1. The summed E-state index contributed by atoms with van der Waals surface area (Å²) in [7, 11) is 3.52. The van der Waals surface area contributed by atoms with Crippen molar-refractivity contribution in [1.29, 1.82) is 0 Å². The number of aryl methyl sites for hydroxylation is 1. The predicted molar refractivity (Wildman–Crippen MR) is 72.3 cm³/mol. The molecular formula is C12H19N3O2S. The van der Waals surface area contributed by atoms with Gasteiger partial charge in [0.05, 0.1) is 12.8 Å². The first kappa shape index (κ1) is 13.3. The summed E-state index contributed by atoms with van der Waals surface area (Å²) in [6, 6.07) is 0.416. The number of methoxy groups -OCH3 is 1. The van der Waals surface area contributed by atoms with Crippen LogP contribution in [0.15, 0.2) is 0 Å². The number of esters is 1. The highest BCUT2D eigenvalue weighted by Crippen LogP contribution is 2.25. The van der Waals surface area contributed by atoms with E-state index in [0.717, 1.165) is 30.3 Å². The maximum Gasteiger partial charge on any atom is 0.350 e. The molecule has 1 aromatic heterocycles. The molecule has 1 saturated heterocycles. The van der Waals surface area contributed by atoms with Crippen LogP contribution in [0.4, 0.5) is 5.13 Å². The molecule has 18 heavy (non-hydrogen) atoms. The Kier molecular flexibility index (Phi) is 4.19. The molecule has 1 aliphatic rings. The molecule has 1 unspecified atom stereocenters. The number of anilines is 1. The molecule has 0 aromatic carbocycles. The molecule has 1 N–H and O–H groups in total. The lowest BCUT2D eigenvalue weighted by Crippen LogP contribution is -2.39. The molecule has 0 spiro atoms. The van der Waals surface area contributed by atoms with Gasteiger partial charge in [-0.3, -0.25) is 0 Å². The summed E-state index contributed by atoms with van der Waals surface area (Å²) < 4.78 is 4.73. The van der Waals surface area contributed by atoms with E-state index in [1.165, 1.54) is 24.9 Å². The van der Waals surface area contributed by atoms with Crippen LogP contribution in [0, 0.1) is 6.92 Å². The van der Waals surface area contributed by atoms with Crippen LogP contribution in [0.5, 0.6) is 0 Å². The van der Waals surface area contributed by atoms with Crippen molar-refractivity contribution in [2.24, 2.45) is 0 Å². The van der Waals surface area contributed by atoms with Gasteiger partial charge in [0.1, 0.15) is 4.88 Å². The third-order valence-electron chi connectivity index (χ3n) is 3.12. The topological polar surface area (TPSA) is 54.5 Å². The van der Waals surface area contributed by atoms with Crippen molar-refractivity contribution in [1.82, 2.24) is 9.88 Å². The summed E-state index contributed by atoms with van der Waals surface area (Å²) in [5.74, 6) is -0.307. The lowest BCUT2D eigenvalue weighted by atomic mass is 10.1. The van der Waals surface area contributed by atoms with E-state index >= 15 is 0 Å². The van der Waals surface area contributed by atoms with Crippen molar-refractivity contribution in [2.75, 3.05) is 32.6 Å². The van der Waals surface area contributed by atoms with Gasteiger partial charge in [0.15, 0.2) is 5.13 Å². The molecule has 0 aliphatic carbocycles. The molecule has 1 atom stereocenters. The number of rotatable bonds is 3. The normalized spacial score (nSPS) is 20.7. The van der Waals surface area contributed by atoms with Crippen LogP contribution in [0.2, 0.25) is 0 Å². The molecular weight excluding hydrogens is 250 g/mol. The van der Waals surface area contributed by atoms with Crippen LogP contribution < -0.4 is 5.32 Å². The Morgan fingerprint density at radius 3 is 3.06 bits per heavy atom. The lowest BCUT2D eigenvalue weighted by molar-refractivity contribution is 0.0605.